The van der Waals surface area contributed by atoms with Crippen LogP contribution < -0.4 is 5.32 Å². The van der Waals surface area contributed by atoms with Gasteiger partial charge < -0.3 is 4.74 Å². The van der Waals surface area contributed by atoms with E-state index in [1.807, 2.05) is 30.3 Å². The van der Waals surface area contributed by atoms with Crippen LogP contribution in [0, 0.1) is 0 Å². The molecule has 1 amide bonds. The molecule has 0 aliphatic heterocycles. The minimum Gasteiger partial charge on any atom is -0.449 e. The fraction of sp³-hybridized carbons (Fsp3) is 0.500. The maximum absolute atomic E-state index is 11.9. The molecule has 3 nitrogen and oxygen atoms in total. The molecule has 3 heteroatoms. The van der Waals surface area contributed by atoms with E-state index in [-0.39, 0.29) is 6.09 Å². The molecule has 0 aliphatic rings. The lowest BCUT2D eigenvalue weighted by molar-refractivity contribution is 0.159. The molecule has 2 aromatic rings. The van der Waals surface area contributed by atoms with Gasteiger partial charge in [-0.15, -0.1) is 0 Å². The summed E-state index contributed by atoms with van der Waals surface area (Å²) in [5.74, 6) is 0. The maximum Gasteiger partial charge on any atom is 0.411 e. The Balaban J connectivity index is 1.51. The minimum absolute atomic E-state index is 0.364. The Bertz CT molecular complexity index is 667. The van der Waals surface area contributed by atoms with Gasteiger partial charge in [-0.05, 0) is 36.1 Å². The molecule has 0 radical (unpaired) electrons. The summed E-state index contributed by atoms with van der Waals surface area (Å²) in [7, 11) is 0. The van der Waals surface area contributed by atoms with Gasteiger partial charge >= 0.3 is 6.09 Å². The van der Waals surface area contributed by atoms with Crippen molar-refractivity contribution in [3.63, 3.8) is 0 Å². The van der Waals surface area contributed by atoms with Crippen LogP contribution >= 0.6 is 0 Å². The van der Waals surface area contributed by atoms with Crippen molar-refractivity contribution in [2.45, 2.75) is 77.6 Å². The van der Waals surface area contributed by atoms with E-state index < -0.39 is 0 Å². The molecule has 0 spiro atoms. The molecule has 0 saturated heterocycles. The smallest absolute Gasteiger partial charge is 0.411 e. The van der Waals surface area contributed by atoms with Gasteiger partial charge in [0.15, 0.2) is 0 Å². The fourth-order valence-electron chi connectivity index (χ4n) is 3.45. The third kappa shape index (κ3) is 10.7. The number of benzene rings is 2. The molecule has 1 N–H and O–H groups in total. The average molecular weight is 396 g/mol. The SMILES string of the molecule is CCCCCCCCCCCCOC(=O)Nc1ccc(Cc2ccccc2)cc1. The Labute approximate surface area is 176 Å². The second kappa shape index (κ2) is 14.7. The molecule has 2 rings (SSSR count). The van der Waals surface area contributed by atoms with Crippen LogP contribution in [0.1, 0.15) is 82.3 Å². The van der Waals surface area contributed by atoms with Gasteiger partial charge in [0.05, 0.1) is 6.61 Å². The molecule has 158 valence electrons. The van der Waals surface area contributed by atoms with E-state index in [4.69, 9.17) is 4.74 Å². The summed E-state index contributed by atoms with van der Waals surface area (Å²) < 4.78 is 5.29. The van der Waals surface area contributed by atoms with Gasteiger partial charge in [-0.2, -0.15) is 0 Å². The summed E-state index contributed by atoms with van der Waals surface area (Å²) >= 11 is 0. The van der Waals surface area contributed by atoms with Crippen molar-refractivity contribution in [2.75, 3.05) is 11.9 Å². The van der Waals surface area contributed by atoms with Crippen LogP contribution in [0.5, 0.6) is 0 Å². The number of ether oxygens (including phenoxy) is 1. The van der Waals surface area contributed by atoms with Crippen molar-refractivity contribution in [3.8, 4) is 0 Å². The number of hydrogen-bond acceptors (Lipinski definition) is 2. The summed E-state index contributed by atoms with van der Waals surface area (Å²) in [4.78, 5) is 11.9. The van der Waals surface area contributed by atoms with Gasteiger partial charge in [0, 0.05) is 5.69 Å². The van der Waals surface area contributed by atoms with Crippen LogP contribution in [0.25, 0.3) is 0 Å². The van der Waals surface area contributed by atoms with Crippen LogP contribution in [0.3, 0.4) is 0 Å². The topological polar surface area (TPSA) is 38.3 Å². The highest BCUT2D eigenvalue weighted by Gasteiger charge is 2.03. The van der Waals surface area contributed by atoms with Crippen LogP contribution in [0.2, 0.25) is 0 Å². The molecule has 2 aromatic carbocycles. The number of hydrogen-bond donors (Lipinski definition) is 1. The summed E-state index contributed by atoms with van der Waals surface area (Å²) in [6, 6.07) is 18.3. The predicted octanol–water partition coefficient (Wildman–Crippen LogP) is 7.75. The van der Waals surface area contributed by atoms with E-state index in [0.29, 0.717) is 6.61 Å². The minimum atomic E-state index is -0.364. The van der Waals surface area contributed by atoms with Gasteiger partial charge in [-0.1, -0.05) is 107 Å². The highest BCUT2D eigenvalue weighted by molar-refractivity contribution is 5.84. The molecule has 0 saturated carbocycles. The molecular weight excluding hydrogens is 358 g/mol. The quantitative estimate of drug-likeness (QED) is 0.332. The first-order valence-electron chi connectivity index (χ1n) is 11.3. The van der Waals surface area contributed by atoms with Crippen LogP contribution in [0.4, 0.5) is 10.5 Å². The van der Waals surface area contributed by atoms with Gasteiger partial charge in [0.1, 0.15) is 0 Å². The largest absolute Gasteiger partial charge is 0.449 e. The molecule has 0 fully saturated rings. The average Bonchev–Trinajstić information content (AvgIpc) is 2.74. The van der Waals surface area contributed by atoms with Crippen molar-refractivity contribution in [1.82, 2.24) is 0 Å². The number of rotatable bonds is 14. The number of unbranched alkanes of at least 4 members (excludes halogenated alkanes) is 9. The Morgan fingerprint density at radius 3 is 1.90 bits per heavy atom. The van der Waals surface area contributed by atoms with Gasteiger partial charge in [-0.3, -0.25) is 5.32 Å². The van der Waals surface area contributed by atoms with Crippen molar-refractivity contribution in [1.29, 1.82) is 0 Å². The molecule has 0 atom stereocenters. The summed E-state index contributed by atoms with van der Waals surface area (Å²) in [6.07, 6.45) is 13.3. The molecule has 29 heavy (non-hydrogen) atoms. The van der Waals surface area contributed by atoms with Crippen molar-refractivity contribution >= 4 is 11.8 Å². The van der Waals surface area contributed by atoms with Crippen LogP contribution in [-0.4, -0.2) is 12.7 Å². The lowest BCUT2D eigenvalue weighted by Crippen LogP contribution is -2.14. The zero-order valence-corrected chi connectivity index (χ0v) is 18.0. The van der Waals surface area contributed by atoms with E-state index in [0.717, 1.165) is 24.9 Å². The monoisotopic (exact) mass is 395 g/mol. The van der Waals surface area contributed by atoms with E-state index in [2.05, 4.69) is 36.5 Å². The van der Waals surface area contributed by atoms with E-state index in [1.165, 1.54) is 62.5 Å². The molecule has 0 unspecified atom stereocenters. The van der Waals surface area contributed by atoms with E-state index in [1.54, 1.807) is 0 Å². The third-order valence-electron chi connectivity index (χ3n) is 5.18. The van der Waals surface area contributed by atoms with Gasteiger partial charge in [0.2, 0.25) is 0 Å². The third-order valence-corrected chi connectivity index (χ3v) is 5.18. The number of nitrogens with one attached hydrogen (secondary N) is 1. The second-order valence-corrected chi connectivity index (χ2v) is 7.80. The van der Waals surface area contributed by atoms with Crippen molar-refractivity contribution in [3.05, 3.63) is 65.7 Å². The standard InChI is InChI=1S/C26H37NO2/c1-2-3-4-5-6-7-8-9-10-14-21-29-26(28)27-25-19-17-24(18-20-25)22-23-15-12-11-13-16-23/h11-13,15-20H,2-10,14,21-22H2,1H3,(H,27,28). The van der Waals surface area contributed by atoms with Crippen molar-refractivity contribution in [2.24, 2.45) is 0 Å². The fourth-order valence-corrected chi connectivity index (χ4v) is 3.45. The lowest BCUT2D eigenvalue weighted by Gasteiger charge is -2.08. The normalized spacial score (nSPS) is 10.7. The first-order chi connectivity index (χ1) is 14.3. The second-order valence-electron chi connectivity index (χ2n) is 7.80. The zero-order chi connectivity index (χ0) is 20.6. The van der Waals surface area contributed by atoms with E-state index in [9.17, 15) is 4.79 Å². The van der Waals surface area contributed by atoms with E-state index >= 15 is 0 Å². The Hall–Kier alpha value is -2.29. The lowest BCUT2D eigenvalue weighted by atomic mass is 10.1. The van der Waals surface area contributed by atoms with Crippen molar-refractivity contribution < 1.29 is 9.53 Å². The van der Waals surface area contributed by atoms with Crippen LogP contribution in [-0.2, 0) is 11.2 Å². The summed E-state index contributed by atoms with van der Waals surface area (Å²) in [5.41, 5.74) is 3.28. The summed E-state index contributed by atoms with van der Waals surface area (Å²) in [5, 5.41) is 2.81. The van der Waals surface area contributed by atoms with Gasteiger partial charge in [0.25, 0.3) is 0 Å². The number of anilines is 1. The Morgan fingerprint density at radius 2 is 1.28 bits per heavy atom. The maximum atomic E-state index is 11.9. The molecule has 0 heterocycles. The summed E-state index contributed by atoms with van der Waals surface area (Å²) in [6.45, 7) is 2.75. The first kappa shape index (κ1) is 23.0. The molecule has 0 bridgehead atoms. The predicted molar refractivity (Wildman–Crippen MR) is 123 cm³/mol. The highest BCUT2D eigenvalue weighted by atomic mass is 16.5. The highest BCUT2D eigenvalue weighted by Crippen LogP contribution is 2.14. The molecule has 0 aliphatic carbocycles. The first-order valence-corrected chi connectivity index (χ1v) is 11.3. The van der Waals surface area contributed by atoms with Crippen LogP contribution in [0.15, 0.2) is 54.6 Å². The molecule has 0 aromatic heterocycles. The molecular formula is C26H37NO2. The Morgan fingerprint density at radius 1 is 0.724 bits per heavy atom. The number of amides is 1. The van der Waals surface area contributed by atoms with Gasteiger partial charge in [-0.25, -0.2) is 4.79 Å². The number of carbonyl (C=O) groups excluding carboxylic acids is 1. The number of carbonyl (C=O) groups is 1. The Kier molecular flexibility index (Phi) is 11.6. The zero-order valence-electron chi connectivity index (χ0n) is 18.0.